The fourth-order valence-corrected chi connectivity index (χ4v) is 2.90. The standard InChI is InChI=1S/C14H17N3O2S/c15-10-3-4-11-12(7-10)20-14(16-11)17-13(18)8-19-6-5-9-1-2-9/h3-4,7,9H,1-2,5-6,8,15H2,(H,16,17,18). The van der Waals surface area contributed by atoms with Crippen molar-refractivity contribution in [1.29, 1.82) is 0 Å². The number of nitrogens with two attached hydrogens (primary N) is 1. The van der Waals surface area contributed by atoms with E-state index in [2.05, 4.69) is 10.3 Å². The summed E-state index contributed by atoms with van der Waals surface area (Å²) in [6, 6.07) is 5.51. The van der Waals surface area contributed by atoms with E-state index in [0.29, 0.717) is 17.4 Å². The summed E-state index contributed by atoms with van der Waals surface area (Å²) >= 11 is 1.42. The van der Waals surface area contributed by atoms with Gasteiger partial charge in [-0.2, -0.15) is 0 Å². The van der Waals surface area contributed by atoms with Gasteiger partial charge in [-0.15, -0.1) is 0 Å². The summed E-state index contributed by atoms with van der Waals surface area (Å²) in [4.78, 5) is 16.1. The lowest BCUT2D eigenvalue weighted by atomic mass is 10.3. The van der Waals surface area contributed by atoms with Crippen molar-refractivity contribution in [3.63, 3.8) is 0 Å². The van der Waals surface area contributed by atoms with Gasteiger partial charge in [-0.1, -0.05) is 24.2 Å². The number of amides is 1. The Kier molecular flexibility index (Phi) is 3.84. The van der Waals surface area contributed by atoms with Gasteiger partial charge in [0.2, 0.25) is 0 Å². The first-order valence-corrected chi connectivity index (χ1v) is 7.56. The monoisotopic (exact) mass is 291 g/mol. The number of rotatable bonds is 6. The molecule has 6 heteroatoms. The second kappa shape index (κ2) is 5.76. The number of hydrogen-bond donors (Lipinski definition) is 2. The van der Waals surface area contributed by atoms with Crippen molar-refractivity contribution >= 4 is 38.3 Å². The van der Waals surface area contributed by atoms with Crippen LogP contribution in [0.3, 0.4) is 0 Å². The third kappa shape index (κ3) is 3.46. The zero-order chi connectivity index (χ0) is 13.9. The van der Waals surface area contributed by atoms with E-state index in [4.69, 9.17) is 10.5 Å². The van der Waals surface area contributed by atoms with E-state index < -0.39 is 0 Å². The van der Waals surface area contributed by atoms with Crippen LogP contribution in [-0.4, -0.2) is 24.1 Å². The van der Waals surface area contributed by atoms with Gasteiger partial charge in [0.25, 0.3) is 5.91 Å². The van der Waals surface area contributed by atoms with Gasteiger partial charge in [0, 0.05) is 12.3 Å². The van der Waals surface area contributed by atoms with Gasteiger partial charge in [0.05, 0.1) is 10.2 Å². The van der Waals surface area contributed by atoms with Crippen molar-refractivity contribution < 1.29 is 9.53 Å². The van der Waals surface area contributed by atoms with E-state index in [0.717, 1.165) is 22.6 Å². The Labute approximate surface area is 121 Å². The highest BCUT2D eigenvalue weighted by Gasteiger charge is 2.20. The molecule has 0 saturated heterocycles. The molecule has 20 heavy (non-hydrogen) atoms. The van der Waals surface area contributed by atoms with Crippen LogP contribution >= 0.6 is 11.3 Å². The molecule has 3 N–H and O–H groups in total. The summed E-state index contributed by atoms with van der Waals surface area (Å²) in [5, 5.41) is 3.34. The average Bonchev–Trinajstić information content (AvgIpc) is 3.15. The molecule has 0 aliphatic heterocycles. The molecule has 1 fully saturated rings. The molecule has 106 valence electrons. The largest absolute Gasteiger partial charge is 0.399 e. The maximum atomic E-state index is 11.7. The Morgan fingerprint density at radius 1 is 1.50 bits per heavy atom. The number of thiazole rings is 1. The van der Waals surface area contributed by atoms with Crippen LogP contribution in [0.1, 0.15) is 19.3 Å². The third-order valence-electron chi connectivity index (χ3n) is 3.26. The van der Waals surface area contributed by atoms with Crippen LogP contribution in [0.4, 0.5) is 10.8 Å². The highest BCUT2D eigenvalue weighted by atomic mass is 32.1. The number of nitrogens with zero attached hydrogens (tertiary/aromatic N) is 1. The van der Waals surface area contributed by atoms with Gasteiger partial charge in [-0.3, -0.25) is 10.1 Å². The molecular weight excluding hydrogens is 274 g/mol. The minimum atomic E-state index is -0.159. The molecule has 1 aromatic carbocycles. The molecule has 3 rings (SSSR count). The molecule has 1 aliphatic carbocycles. The Morgan fingerprint density at radius 3 is 3.15 bits per heavy atom. The number of anilines is 2. The topological polar surface area (TPSA) is 77.2 Å². The fraction of sp³-hybridized carbons (Fsp3) is 0.429. The molecule has 1 aromatic heterocycles. The summed E-state index contributed by atoms with van der Waals surface area (Å²) in [7, 11) is 0. The Morgan fingerprint density at radius 2 is 2.35 bits per heavy atom. The quantitative estimate of drug-likeness (QED) is 0.633. The molecule has 0 spiro atoms. The first-order valence-electron chi connectivity index (χ1n) is 6.74. The van der Waals surface area contributed by atoms with Crippen LogP contribution in [0.15, 0.2) is 18.2 Å². The van der Waals surface area contributed by atoms with Gasteiger partial charge < -0.3 is 10.5 Å². The normalized spacial score (nSPS) is 14.6. The van der Waals surface area contributed by atoms with E-state index in [9.17, 15) is 4.79 Å². The fourth-order valence-electron chi connectivity index (χ4n) is 1.97. The zero-order valence-corrected chi connectivity index (χ0v) is 11.9. The number of carbonyl (C=O) groups excluding carboxylic acids is 1. The molecule has 0 unspecified atom stereocenters. The Balaban J connectivity index is 1.50. The van der Waals surface area contributed by atoms with E-state index in [1.807, 2.05) is 12.1 Å². The van der Waals surface area contributed by atoms with E-state index >= 15 is 0 Å². The number of hydrogen-bond acceptors (Lipinski definition) is 5. The van der Waals surface area contributed by atoms with Gasteiger partial charge in [0.15, 0.2) is 5.13 Å². The van der Waals surface area contributed by atoms with E-state index in [-0.39, 0.29) is 12.5 Å². The van der Waals surface area contributed by atoms with Gasteiger partial charge in [-0.25, -0.2) is 4.98 Å². The van der Waals surface area contributed by atoms with Gasteiger partial charge in [-0.05, 0) is 30.5 Å². The predicted molar refractivity (Wildman–Crippen MR) is 80.8 cm³/mol. The van der Waals surface area contributed by atoms with Crippen molar-refractivity contribution in [3.8, 4) is 0 Å². The lowest BCUT2D eigenvalue weighted by Crippen LogP contribution is -2.18. The number of nitrogens with one attached hydrogen (secondary N) is 1. The highest BCUT2D eigenvalue weighted by Crippen LogP contribution is 2.32. The molecule has 1 aliphatic rings. The molecule has 2 aromatic rings. The smallest absolute Gasteiger partial charge is 0.252 e. The number of aromatic nitrogens is 1. The van der Waals surface area contributed by atoms with Crippen LogP contribution in [-0.2, 0) is 9.53 Å². The lowest BCUT2D eigenvalue weighted by Gasteiger charge is -2.03. The molecule has 1 amide bonds. The van der Waals surface area contributed by atoms with Crippen LogP contribution in [0.5, 0.6) is 0 Å². The molecule has 1 saturated carbocycles. The first kappa shape index (κ1) is 13.3. The van der Waals surface area contributed by atoms with Crippen molar-refractivity contribution in [2.24, 2.45) is 5.92 Å². The summed E-state index contributed by atoms with van der Waals surface area (Å²) in [5.74, 6) is 0.667. The zero-order valence-electron chi connectivity index (χ0n) is 11.1. The van der Waals surface area contributed by atoms with Crippen molar-refractivity contribution in [2.75, 3.05) is 24.3 Å². The maximum absolute atomic E-state index is 11.7. The van der Waals surface area contributed by atoms with Crippen LogP contribution in [0.2, 0.25) is 0 Å². The van der Waals surface area contributed by atoms with Crippen molar-refractivity contribution in [3.05, 3.63) is 18.2 Å². The van der Waals surface area contributed by atoms with E-state index in [1.54, 1.807) is 6.07 Å². The molecule has 0 radical (unpaired) electrons. The SMILES string of the molecule is Nc1ccc2nc(NC(=O)COCCC3CC3)sc2c1. The van der Waals surface area contributed by atoms with Crippen LogP contribution < -0.4 is 11.1 Å². The molecule has 0 atom stereocenters. The highest BCUT2D eigenvalue weighted by molar-refractivity contribution is 7.22. The summed E-state index contributed by atoms with van der Waals surface area (Å²) in [6.07, 6.45) is 3.68. The Hall–Kier alpha value is -1.66. The third-order valence-corrected chi connectivity index (χ3v) is 4.19. The summed E-state index contributed by atoms with van der Waals surface area (Å²) in [5.41, 5.74) is 7.25. The number of ether oxygens (including phenoxy) is 1. The predicted octanol–water partition coefficient (Wildman–Crippen LogP) is 2.63. The summed E-state index contributed by atoms with van der Waals surface area (Å²) < 4.78 is 6.32. The maximum Gasteiger partial charge on any atom is 0.252 e. The number of carbonyl (C=O) groups is 1. The minimum Gasteiger partial charge on any atom is -0.399 e. The second-order valence-electron chi connectivity index (χ2n) is 5.08. The molecule has 0 bridgehead atoms. The lowest BCUT2D eigenvalue weighted by molar-refractivity contribution is -0.120. The van der Waals surface area contributed by atoms with Crippen LogP contribution in [0.25, 0.3) is 10.2 Å². The first-order chi connectivity index (χ1) is 9.70. The van der Waals surface area contributed by atoms with Gasteiger partial charge >= 0.3 is 0 Å². The molecule has 5 nitrogen and oxygen atoms in total. The van der Waals surface area contributed by atoms with Crippen LogP contribution in [0, 0.1) is 5.92 Å². The minimum absolute atomic E-state index is 0.0881. The molecule has 1 heterocycles. The second-order valence-corrected chi connectivity index (χ2v) is 6.11. The average molecular weight is 291 g/mol. The van der Waals surface area contributed by atoms with Gasteiger partial charge in [0.1, 0.15) is 6.61 Å². The van der Waals surface area contributed by atoms with Crippen molar-refractivity contribution in [2.45, 2.75) is 19.3 Å². The van der Waals surface area contributed by atoms with E-state index in [1.165, 1.54) is 24.2 Å². The van der Waals surface area contributed by atoms with Crippen molar-refractivity contribution in [1.82, 2.24) is 4.98 Å². The molecular formula is C14H17N3O2S. The Bertz CT molecular complexity index is 622. The number of benzene rings is 1. The summed E-state index contributed by atoms with van der Waals surface area (Å²) in [6.45, 7) is 0.749. The number of fused-ring (bicyclic) bond motifs is 1. The number of nitrogen functional groups attached to an aromatic ring is 1.